The van der Waals surface area contributed by atoms with Crippen molar-refractivity contribution in [1.82, 2.24) is 4.98 Å². The second-order valence-electron chi connectivity index (χ2n) is 5.56. The number of benzene rings is 2. The minimum atomic E-state index is -4.40. The van der Waals surface area contributed by atoms with Crippen LogP contribution in [0.25, 0.3) is 22.0 Å². The average molecular weight is 381 g/mol. The monoisotopic (exact) mass is 380 g/mol. The summed E-state index contributed by atoms with van der Waals surface area (Å²) in [6, 6.07) is 9.20. The molecule has 128 valence electrons. The minimum absolute atomic E-state index is 0.467. The number of hydrogen-bond acceptors (Lipinski definition) is 2. The quantitative estimate of drug-likeness (QED) is 0.459. The number of hydrogen-bond donors (Lipinski definition) is 1. The third-order valence-corrected chi connectivity index (χ3v) is 6.16. The largest absolute Gasteiger partial charge is 0.416 e. The molecule has 0 amide bonds. The van der Waals surface area contributed by atoms with Gasteiger partial charge in [0.1, 0.15) is 0 Å². The Labute approximate surface area is 149 Å². The molecule has 7 heteroatoms. The van der Waals surface area contributed by atoms with Gasteiger partial charge in [-0.15, -0.1) is 0 Å². The fourth-order valence-corrected chi connectivity index (χ4v) is 4.77. The summed E-state index contributed by atoms with van der Waals surface area (Å²) in [5, 5.41) is 3.18. The predicted molar refractivity (Wildman–Crippen MR) is 98.4 cm³/mol. The van der Waals surface area contributed by atoms with Crippen molar-refractivity contribution >= 4 is 44.2 Å². The summed E-state index contributed by atoms with van der Waals surface area (Å²) in [5.74, 6) is 0. The van der Waals surface area contributed by atoms with Gasteiger partial charge < -0.3 is 4.72 Å². The molecular weight excluding hydrogens is 369 g/mol. The summed E-state index contributed by atoms with van der Waals surface area (Å²) in [5.41, 5.74) is 1.89. The maximum atomic E-state index is 13.2. The van der Waals surface area contributed by atoms with Crippen LogP contribution in [0.1, 0.15) is 12.5 Å². The lowest BCUT2D eigenvalue weighted by atomic mass is 9.99. The summed E-state index contributed by atoms with van der Waals surface area (Å²) >= 11 is 6.36. The molecule has 3 aromatic rings. The van der Waals surface area contributed by atoms with Crippen LogP contribution < -0.4 is 4.72 Å². The van der Waals surface area contributed by atoms with E-state index >= 15 is 0 Å². The van der Waals surface area contributed by atoms with Gasteiger partial charge in [-0.05, 0) is 54.3 Å². The molecule has 2 heterocycles. The van der Waals surface area contributed by atoms with Crippen LogP contribution in [0.2, 0.25) is 5.02 Å². The molecule has 1 aliphatic heterocycles. The Balaban J connectivity index is 2.09. The molecule has 25 heavy (non-hydrogen) atoms. The average Bonchev–Trinajstić information content (AvgIpc) is 2.60. The maximum absolute atomic E-state index is 13.2. The third kappa shape index (κ3) is 2.60. The molecule has 4 rings (SSSR count). The number of aromatic nitrogens is 1. The highest BCUT2D eigenvalue weighted by Gasteiger charge is 2.32. The van der Waals surface area contributed by atoms with Crippen LogP contribution in [0.4, 0.5) is 18.9 Å². The molecule has 1 N–H and O–H groups in total. The lowest BCUT2D eigenvalue weighted by Gasteiger charge is -2.27. The van der Waals surface area contributed by atoms with Gasteiger partial charge in [-0.1, -0.05) is 22.3 Å². The number of anilines is 1. The molecule has 0 radical (unpaired) electrons. The van der Waals surface area contributed by atoms with E-state index < -0.39 is 22.4 Å². The topological polar surface area (TPSA) is 24.9 Å². The summed E-state index contributed by atoms with van der Waals surface area (Å²) in [6.45, 7) is 1.88. The van der Waals surface area contributed by atoms with E-state index in [9.17, 15) is 13.2 Å². The van der Waals surface area contributed by atoms with Crippen LogP contribution in [-0.4, -0.2) is 10.4 Å². The number of nitrogens with one attached hydrogen (secondary N) is 1. The van der Waals surface area contributed by atoms with Crippen molar-refractivity contribution in [3.63, 3.8) is 0 Å². The number of rotatable bonds is 0. The van der Waals surface area contributed by atoms with E-state index in [1.54, 1.807) is 18.3 Å². The summed E-state index contributed by atoms with van der Waals surface area (Å²) in [6.07, 6.45) is -2.75. The molecule has 0 fully saturated rings. The van der Waals surface area contributed by atoms with Crippen molar-refractivity contribution in [2.45, 2.75) is 18.0 Å². The van der Waals surface area contributed by atoms with Gasteiger partial charge in [-0.3, -0.25) is 4.98 Å². The molecule has 0 saturated heterocycles. The van der Waals surface area contributed by atoms with E-state index in [-0.39, 0.29) is 0 Å². The predicted octanol–water partition coefficient (Wildman–Crippen LogP) is 6.36. The Morgan fingerprint density at radius 1 is 1.16 bits per heavy atom. The molecule has 1 aliphatic rings. The Hall–Kier alpha value is -2.05. The molecule has 0 aliphatic carbocycles. The number of halogens is 4. The van der Waals surface area contributed by atoms with E-state index in [4.69, 9.17) is 11.6 Å². The van der Waals surface area contributed by atoms with Gasteiger partial charge in [0.2, 0.25) is 0 Å². The van der Waals surface area contributed by atoms with Crippen molar-refractivity contribution in [3.05, 3.63) is 53.2 Å². The molecule has 1 atom stereocenters. The fourth-order valence-electron chi connectivity index (χ4n) is 2.98. The minimum Gasteiger partial charge on any atom is -0.329 e. The van der Waals surface area contributed by atoms with Crippen molar-refractivity contribution in [3.8, 4) is 11.1 Å². The Bertz CT molecular complexity index is 1040. The normalized spacial score (nSPS) is 16.4. The number of pyridine rings is 1. The molecule has 2 aromatic carbocycles. The van der Waals surface area contributed by atoms with Crippen molar-refractivity contribution in [2.24, 2.45) is 0 Å². The van der Waals surface area contributed by atoms with Crippen LogP contribution >= 0.6 is 22.3 Å². The number of fused-ring (bicyclic) bond motifs is 5. The molecule has 0 bridgehead atoms. The fraction of sp³-hybridized carbons (Fsp3) is 0.111. The highest BCUT2D eigenvalue weighted by molar-refractivity contribution is 8.16. The third-order valence-electron chi connectivity index (χ3n) is 4.12. The molecule has 1 unspecified atom stereocenters. The summed E-state index contributed by atoms with van der Waals surface area (Å²) in [4.78, 5) is 5.20. The van der Waals surface area contributed by atoms with Crippen LogP contribution in [0.3, 0.4) is 0 Å². The SMILES string of the molecule is C/C=S1\Nc2c(cc(Cl)c3cccnc23)-c2cc(C(F)(F)F)ccc21. The van der Waals surface area contributed by atoms with Crippen molar-refractivity contribution < 1.29 is 13.2 Å². The first-order chi connectivity index (χ1) is 11.9. The van der Waals surface area contributed by atoms with E-state index in [1.807, 2.05) is 18.4 Å². The van der Waals surface area contributed by atoms with E-state index in [0.717, 1.165) is 16.3 Å². The van der Waals surface area contributed by atoms with Gasteiger partial charge in [0.25, 0.3) is 0 Å². The van der Waals surface area contributed by atoms with Gasteiger partial charge in [-0.25, -0.2) is 0 Å². The maximum Gasteiger partial charge on any atom is 0.416 e. The second-order valence-corrected chi connectivity index (χ2v) is 7.76. The van der Waals surface area contributed by atoms with Crippen molar-refractivity contribution in [2.75, 3.05) is 4.72 Å². The molecule has 0 spiro atoms. The Kier molecular flexibility index (Phi) is 3.77. The van der Waals surface area contributed by atoms with Crippen LogP contribution in [-0.2, 0) is 6.18 Å². The van der Waals surface area contributed by atoms with Gasteiger partial charge in [0.05, 0.1) is 21.8 Å². The van der Waals surface area contributed by atoms with Gasteiger partial charge in [0, 0.05) is 22.0 Å². The zero-order chi connectivity index (χ0) is 17.8. The van der Waals surface area contributed by atoms with E-state index in [1.165, 1.54) is 12.1 Å². The number of alkyl halides is 3. The number of nitrogens with zero attached hydrogens (tertiary/aromatic N) is 1. The van der Waals surface area contributed by atoms with Crippen LogP contribution in [0, 0.1) is 0 Å². The zero-order valence-corrected chi connectivity index (χ0v) is 14.6. The standard InChI is InChI=1S/C18H12ClF3N2S/c1-2-25-15-6-5-10(18(20,21)22)8-12(15)13-9-14(19)11-4-3-7-23-16(11)17(13)24-25/h2-9,24H,1H3. The first kappa shape index (κ1) is 16.4. The molecule has 0 saturated carbocycles. The lowest BCUT2D eigenvalue weighted by molar-refractivity contribution is -0.137. The molecule has 2 nitrogen and oxygen atoms in total. The van der Waals surface area contributed by atoms with Crippen LogP contribution in [0.15, 0.2) is 47.5 Å². The first-order valence-corrected chi connectivity index (χ1v) is 9.15. The smallest absolute Gasteiger partial charge is 0.329 e. The molecule has 1 aromatic heterocycles. The van der Waals surface area contributed by atoms with Gasteiger partial charge in [0.15, 0.2) is 0 Å². The Morgan fingerprint density at radius 3 is 2.68 bits per heavy atom. The lowest BCUT2D eigenvalue weighted by Crippen LogP contribution is -2.09. The Morgan fingerprint density at radius 2 is 1.96 bits per heavy atom. The molecular formula is C18H12ClF3N2S. The highest BCUT2D eigenvalue weighted by atomic mass is 35.5. The van der Waals surface area contributed by atoms with Crippen LogP contribution in [0.5, 0.6) is 0 Å². The van der Waals surface area contributed by atoms with E-state index in [0.29, 0.717) is 27.4 Å². The highest BCUT2D eigenvalue weighted by Crippen LogP contribution is 2.50. The van der Waals surface area contributed by atoms with Gasteiger partial charge >= 0.3 is 6.18 Å². The summed E-state index contributed by atoms with van der Waals surface area (Å²) in [7, 11) is -0.511. The second kappa shape index (κ2) is 5.75. The summed E-state index contributed by atoms with van der Waals surface area (Å²) < 4.78 is 43.0. The van der Waals surface area contributed by atoms with Gasteiger partial charge in [-0.2, -0.15) is 13.2 Å². The first-order valence-electron chi connectivity index (χ1n) is 7.48. The van der Waals surface area contributed by atoms with Crippen molar-refractivity contribution in [1.29, 1.82) is 0 Å². The van der Waals surface area contributed by atoms with E-state index in [2.05, 4.69) is 9.71 Å². The zero-order valence-electron chi connectivity index (χ0n) is 13.0.